The summed E-state index contributed by atoms with van der Waals surface area (Å²) in [4.78, 5) is 29.6. The molecule has 0 heterocycles. The molecule has 0 aromatic carbocycles. The molecule has 3 unspecified atom stereocenters. The fraction of sp³-hybridized carbons (Fsp3) is 0.808. The van der Waals surface area contributed by atoms with Gasteiger partial charge in [-0.05, 0) is 85.0 Å². The first kappa shape index (κ1) is 27.2. The second-order valence-corrected chi connectivity index (χ2v) is 10.5. The number of hydrogen-bond acceptors (Lipinski definition) is 6. The van der Waals surface area contributed by atoms with Gasteiger partial charge in [0.05, 0.1) is 14.2 Å². The molecule has 7 nitrogen and oxygen atoms in total. The molecule has 0 bridgehead atoms. The molecule has 0 saturated heterocycles. The summed E-state index contributed by atoms with van der Waals surface area (Å²) in [5.74, 6) is 2.36. The van der Waals surface area contributed by atoms with Crippen LogP contribution in [0.2, 0.25) is 0 Å². The number of fused-ring (bicyclic) bond motifs is 5. The fourth-order valence-electron chi connectivity index (χ4n) is 7.47. The van der Waals surface area contributed by atoms with Crippen molar-refractivity contribution in [3.05, 3.63) is 12.2 Å². The first-order chi connectivity index (χ1) is 15.5. The minimum Gasteiger partial charge on any atom is -0.481 e. The molecule has 4 aliphatic rings. The van der Waals surface area contributed by atoms with Crippen LogP contribution in [0.5, 0.6) is 0 Å². The van der Waals surface area contributed by atoms with Crippen molar-refractivity contribution < 1.29 is 33.7 Å². The van der Waals surface area contributed by atoms with Crippen molar-refractivity contribution in [3.8, 4) is 0 Å². The summed E-state index contributed by atoms with van der Waals surface area (Å²) in [6.07, 6.45) is 11.3. The smallest absolute Gasteiger partial charge is 0.481 e. The van der Waals surface area contributed by atoms with E-state index in [0.717, 1.165) is 36.7 Å². The van der Waals surface area contributed by atoms with E-state index in [-0.39, 0.29) is 11.5 Å². The Morgan fingerprint density at radius 1 is 1.06 bits per heavy atom. The van der Waals surface area contributed by atoms with Crippen LogP contribution in [0.4, 0.5) is 4.79 Å². The molecule has 1 N–H and O–H groups in total. The molecule has 33 heavy (non-hydrogen) atoms. The molecule has 7 heteroatoms. The van der Waals surface area contributed by atoms with E-state index in [4.69, 9.17) is 24.2 Å². The quantitative estimate of drug-likeness (QED) is 0.320. The predicted molar refractivity (Wildman–Crippen MR) is 125 cm³/mol. The average Bonchev–Trinajstić information content (AvgIpc) is 3.03. The van der Waals surface area contributed by atoms with Gasteiger partial charge >= 0.3 is 6.16 Å². The molecule has 0 aromatic heterocycles. The third-order valence-corrected chi connectivity index (χ3v) is 9.06. The molecule has 4 aliphatic carbocycles. The lowest BCUT2D eigenvalue weighted by Crippen LogP contribution is -2.51. The van der Waals surface area contributed by atoms with Crippen molar-refractivity contribution in [2.45, 2.75) is 84.7 Å². The van der Waals surface area contributed by atoms with Crippen LogP contribution in [-0.2, 0) is 23.8 Å². The van der Waals surface area contributed by atoms with Gasteiger partial charge in [0.1, 0.15) is 6.10 Å². The van der Waals surface area contributed by atoms with Crippen molar-refractivity contribution >= 4 is 18.6 Å². The van der Waals surface area contributed by atoms with E-state index < -0.39 is 12.1 Å². The first-order valence-electron chi connectivity index (χ1n) is 12.1. The summed E-state index contributed by atoms with van der Waals surface area (Å²) in [7, 11) is 2.70. The lowest BCUT2D eigenvalue weighted by atomic mass is 9.45. The van der Waals surface area contributed by atoms with E-state index in [1.54, 1.807) is 0 Å². The number of ether oxygens (including phenoxy) is 3. The number of carboxylic acid groups (broad SMARTS) is 1. The molecule has 4 rings (SSSR count). The second kappa shape index (κ2) is 11.4. The number of carbonyl (C=O) groups excluding carboxylic acids is 2. The van der Waals surface area contributed by atoms with E-state index in [1.807, 2.05) is 0 Å². The number of hydrogen-bond donors (Lipinski definition) is 1. The normalized spacial score (nSPS) is 38.5. The number of carboxylic acids is 1. The average molecular weight is 467 g/mol. The van der Waals surface area contributed by atoms with Crippen molar-refractivity contribution in [2.24, 2.45) is 34.5 Å². The van der Waals surface area contributed by atoms with Crippen LogP contribution < -0.4 is 0 Å². The Bertz CT molecular complexity index is 715. The first-order valence-corrected chi connectivity index (χ1v) is 12.1. The minimum atomic E-state index is -0.833. The molecule has 0 aromatic rings. The Labute approximate surface area is 198 Å². The van der Waals surface area contributed by atoms with Gasteiger partial charge in [0.2, 0.25) is 0 Å². The second-order valence-electron chi connectivity index (χ2n) is 10.5. The van der Waals surface area contributed by atoms with Crippen LogP contribution in [0.1, 0.15) is 78.6 Å². The molecule has 0 radical (unpaired) electrons. The van der Waals surface area contributed by atoms with Crippen LogP contribution in [0.3, 0.4) is 0 Å². The minimum absolute atomic E-state index is 0.137. The molecule has 4 saturated carbocycles. The largest absolute Gasteiger partial charge is 0.508 e. The maximum atomic E-state index is 11.7. The van der Waals surface area contributed by atoms with Gasteiger partial charge in [-0.1, -0.05) is 33.3 Å². The van der Waals surface area contributed by atoms with Crippen molar-refractivity contribution in [3.63, 3.8) is 0 Å². The Balaban J connectivity index is 0.000000420. The Kier molecular flexibility index (Phi) is 9.38. The summed E-state index contributed by atoms with van der Waals surface area (Å²) in [6, 6.07) is 0. The lowest BCUT2D eigenvalue weighted by Gasteiger charge is -2.60. The van der Waals surface area contributed by atoms with E-state index in [0.29, 0.717) is 17.8 Å². The van der Waals surface area contributed by atoms with Gasteiger partial charge in [-0.2, -0.15) is 0 Å². The number of methoxy groups -OCH3 is 2. The summed E-state index contributed by atoms with van der Waals surface area (Å²) < 4.78 is 14.2. The predicted octanol–water partition coefficient (Wildman–Crippen LogP) is 5.62. The molecule has 0 amide bonds. The van der Waals surface area contributed by atoms with Gasteiger partial charge in [0.25, 0.3) is 12.4 Å². The third-order valence-electron chi connectivity index (χ3n) is 9.06. The zero-order chi connectivity index (χ0) is 24.8. The topological polar surface area (TPSA) is 99.1 Å². The van der Waals surface area contributed by atoms with E-state index in [2.05, 4.69) is 25.2 Å². The van der Waals surface area contributed by atoms with Gasteiger partial charge in [-0.3, -0.25) is 9.59 Å². The monoisotopic (exact) mass is 466 g/mol. The molecule has 0 spiro atoms. The van der Waals surface area contributed by atoms with Crippen LogP contribution >= 0.6 is 0 Å². The van der Waals surface area contributed by atoms with E-state index in [9.17, 15) is 4.79 Å². The van der Waals surface area contributed by atoms with E-state index >= 15 is 0 Å². The third kappa shape index (κ3) is 5.72. The van der Waals surface area contributed by atoms with Gasteiger partial charge < -0.3 is 19.3 Å². The van der Waals surface area contributed by atoms with E-state index in [1.165, 1.54) is 65.6 Å². The Morgan fingerprint density at radius 3 is 2.27 bits per heavy atom. The van der Waals surface area contributed by atoms with Gasteiger partial charge in [0.15, 0.2) is 0 Å². The number of rotatable bonds is 2. The Morgan fingerprint density at radius 2 is 1.70 bits per heavy atom. The Hall–Kier alpha value is -2.05. The fourth-order valence-corrected chi connectivity index (χ4v) is 7.47. The summed E-state index contributed by atoms with van der Waals surface area (Å²) in [5.41, 5.74) is 1.82. The summed E-state index contributed by atoms with van der Waals surface area (Å²) >= 11 is 0. The molecule has 188 valence electrons. The lowest BCUT2D eigenvalue weighted by molar-refractivity contribution is -0.134. The molecular formula is C26H42O7. The zero-order valence-electron chi connectivity index (χ0n) is 20.9. The standard InChI is InChI=1S/C22H34O3.2C2H4O2/c1-14-19(25-20(23)24-4)13-18-16-9-8-15-7-5-6-11-22(15,3)17(16)10-12-21(14,18)2;1-4-2-3;1-2(3)4/h15-19H,1,5-13H2,2-4H3;2H,1H3;1H3,(H,3,4)/t15-,16?,17?,18?,19+,21+,22-;;/m0../s1. The van der Waals surface area contributed by atoms with Crippen LogP contribution in [0, 0.1) is 34.5 Å². The van der Waals surface area contributed by atoms with Crippen LogP contribution in [0.15, 0.2) is 12.2 Å². The van der Waals surface area contributed by atoms with Crippen molar-refractivity contribution in [1.82, 2.24) is 0 Å². The summed E-state index contributed by atoms with van der Waals surface area (Å²) in [5, 5.41) is 7.42. The SMILES string of the molecule is C=C1[C@H](OC(=O)OC)CC2C3CC[C@@H]4CCCC[C@]4(C)C3CC[C@]12C.CC(=O)O.COC=O. The maximum absolute atomic E-state index is 11.7. The highest BCUT2D eigenvalue weighted by molar-refractivity contribution is 5.63. The van der Waals surface area contributed by atoms with Gasteiger partial charge in [-0.25, -0.2) is 4.79 Å². The maximum Gasteiger partial charge on any atom is 0.508 e. The van der Waals surface area contributed by atoms with Crippen LogP contribution in [0.25, 0.3) is 0 Å². The molecule has 4 fully saturated rings. The molecular weight excluding hydrogens is 424 g/mol. The van der Waals surface area contributed by atoms with Crippen LogP contribution in [-0.4, -0.2) is 44.0 Å². The molecule has 7 atom stereocenters. The number of carbonyl (C=O) groups is 3. The highest BCUT2D eigenvalue weighted by Crippen LogP contribution is 2.67. The van der Waals surface area contributed by atoms with Crippen molar-refractivity contribution in [1.29, 1.82) is 0 Å². The summed E-state index contributed by atoms with van der Waals surface area (Å²) in [6.45, 7) is 10.8. The van der Waals surface area contributed by atoms with Crippen molar-refractivity contribution in [2.75, 3.05) is 14.2 Å². The van der Waals surface area contributed by atoms with Gasteiger partial charge in [-0.15, -0.1) is 0 Å². The van der Waals surface area contributed by atoms with Gasteiger partial charge in [0, 0.05) is 6.92 Å². The highest BCUT2D eigenvalue weighted by atomic mass is 16.7. The highest BCUT2D eigenvalue weighted by Gasteiger charge is 2.60. The zero-order valence-corrected chi connectivity index (χ0v) is 20.9. The number of aliphatic carboxylic acids is 1. The molecule has 0 aliphatic heterocycles.